The quantitative estimate of drug-likeness (QED) is 0.723. The molecule has 0 spiro atoms. The molecule has 1 atom stereocenters. The van der Waals surface area contributed by atoms with Gasteiger partial charge in [-0.15, -0.1) is 0 Å². The molecule has 2 rings (SSSR count). The first kappa shape index (κ1) is 12.3. The highest BCUT2D eigenvalue weighted by atomic mass is 16.5. The van der Waals surface area contributed by atoms with Crippen molar-refractivity contribution in [3.8, 4) is 0 Å². The fourth-order valence-corrected chi connectivity index (χ4v) is 3.07. The van der Waals surface area contributed by atoms with Gasteiger partial charge in [-0.25, -0.2) is 0 Å². The van der Waals surface area contributed by atoms with Crippen LogP contribution >= 0.6 is 0 Å². The summed E-state index contributed by atoms with van der Waals surface area (Å²) in [5, 5.41) is 12.7. The highest BCUT2D eigenvalue weighted by Gasteiger charge is 2.34. The summed E-state index contributed by atoms with van der Waals surface area (Å²) in [4.78, 5) is 0. The molecule has 1 unspecified atom stereocenters. The maximum absolute atomic E-state index is 9.12. The normalized spacial score (nSPS) is 31.3. The van der Waals surface area contributed by atoms with E-state index in [9.17, 15) is 0 Å². The topological polar surface area (TPSA) is 41.5 Å². The zero-order valence-corrected chi connectivity index (χ0v) is 10.2. The summed E-state index contributed by atoms with van der Waals surface area (Å²) < 4.78 is 5.48. The van der Waals surface area contributed by atoms with E-state index in [1.165, 1.54) is 25.7 Å². The Morgan fingerprint density at radius 1 is 1.31 bits per heavy atom. The van der Waals surface area contributed by atoms with Crippen molar-refractivity contribution >= 4 is 0 Å². The molecule has 0 bridgehead atoms. The Hall–Kier alpha value is -0.120. The van der Waals surface area contributed by atoms with Crippen LogP contribution in [0.3, 0.4) is 0 Å². The Labute approximate surface area is 98.6 Å². The van der Waals surface area contributed by atoms with Gasteiger partial charge in [-0.2, -0.15) is 0 Å². The van der Waals surface area contributed by atoms with Crippen LogP contribution in [-0.4, -0.2) is 38.0 Å². The zero-order valence-electron chi connectivity index (χ0n) is 10.2. The van der Waals surface area contributed by atoms with Gasteiger partial charge in [0.15, 0.2) is 0 Å². The molecule has 0 amide bonds. The second-order valence-corrected chi connectivity index (χ2v) is 5.56. The largest absolute Gasteiger partial charge is 0.396 e. The first-order chi connectivity index (χ1) is 7.85. The molecule has 0 aromatic rings. The number of aliphatic hydroxyl groups excluding tert-OH is 1. The van der Waals surface area contributed by atoms with Crippen LogP contribution in [0.1, 0.15) is 38.5 Å². The van der Waals surface area contributed by atoms with Crippen molar-refractivity contribution in [1.82, 2.24) is 5.32 Å². The summed E-state index contributed by atoms with van der Waals surface area (Å²) in [6.07, 6.45) is 7.61. The standard InChI is InChI=1S/C13H25NO2/c15-7-5-13(6-8-16-11-13)10-14-9-12-3-1-2-4-12/h12,14-15H,1-11H2. The average Bonchev–Trinajstić information content (AvgIpc) is 2.90. The lowest BCUT2D eigenvalue weighted by atomic mass is 9.84. The van der Waals surface area contributed by atoms with Crippen LogP contribution in [0.2, 0.25) is 0 Å². The molecule has 94 valence electrons. The van der Waals surface area contributed by atoms with E-state index in [2.05, 4.69) is 5.32 Å². The van der Waals surface area contributed by atoms with Gasteiger partial charge in [0, 0.05) is 25.2 Å². The molecule has 1 saturated carbocycles. The summed E-state index contributed by atoms with van der Waals surface area (Å²) in [6.45, 7) is 4.15. The minimum Gasteiger partial charge on any atom is -0.396 e. The lowest BCUT2D eigenvalue weighted by molar-refractivity contribution is 0.123. The number of aliphatic hydroxyl groups is 1. The SMILES string of the molecule is OCCC1(CNCC2CCCC2)CCOC1. The van der Waals surface area contributed by atoms with Crippen LogP contribution in [0, 0.1) is 11.3 Å². The van der Waals surface area contributed by atoms with Crippen LogP contribution in [0.4, 0.5) is 0 Å². The van der Waals surface area contributed by atoms with Crippen LogP contribution in [0.25, 0.3) is 0 Å². The van der Waals surface area contributed by atoms with Gasteiger partial charge in [-0.05, 0) is 38.1 Å². The molecule has 0 aromatic carbocycles. The molecular formula is C13H25NO2. The lowest BCUT2D eigenvalue weighted by Crippen LogP contribution is -2.37. The van der Waals surface area contributed by atoms with E-state index in [1.807, 2.05) is 0 Å². The molecule has 3 nitrogen and oxygen atoms in total. The third-order valence-corrected chi connectivity index (χ3v) is 4.23. The highest BCUT2D eigenvalue weighted by molar-refractivity contribution is 4.85. The van der Waals surface area contributed by atoms with Crippen molar-refractivity contribution in [3.63, 3.8) is 0 Å². The van der Waals surface area contributed by atoms with Gasteiger partial charge >= 0.3 is 0 Å². The summed E-state index contributed by atoms with van der Waals surface area (Å²) in [5.41, 5.74) is 0.216. The van der Waals surface area contributed by atoms with Crippen LogP contribution in [0.15, 0.2) is 0 Å². The van der Waals surface area contributed by atoms with Crippen molar-refractivity contribution in [2.45, 2.75) is 38.5 Å². The van der Waals surface area contributed by atoms with Crippen molar-refractivity contribution in [1.29, 1.82) is 0 Å². The third-order valence-electron chi connectivity index (χ3n) is 4.23. The smallest absolute Gasteiger partial charge is 0.0536 e. The summed E-state index contributed by atoms with van der Waals surface area (Å²) in [7, 11) is 0. The van der Waals surface area contributed by atoms with E-state index in [-0.39, 0.29) is 12.0 Å². The average molecular weight is 227 g/mol. The monoisotopic (exact) mass is 227 g/mol. The summed E-state index contributed by atoms with van der Waals surface area (Å²) in [5.74, 6) is 0.897. The van der Waals surface area contributed by atoms with Crippen molar-refractivity contribution in [3.05, 3.63) is 0 Å². The molecule has 0 radical (unpaired) electrons. The van der Waals surface area contributed by atoms with Gasteiger partial charge in [-0.3, -0.25) is 0 Å². The first-order valence-corrected chi connectivity index (χ1v) is 6.74. The van der Waals surface area contributed by atoms with Gasteiger partial charge in [0.05, 0.1) is 6.61 Å². The van der Waals surface area contributed by atoms with Crippen LogP contribution in [0.5, 0.6) is 0 Å². The predicted octanol–water partition coefficient (Wildman–Crippen LogP) is 1.56. The first-order valence-electron chi connectivity index (χ1n) is 6.74. The van der Waals surface area contributed by atoms with E-state index in [0.717, 1.165) is 45.1 Å². The molecule has 1 aliphatic heterocycles. The second kappa shape index (κ2) is 5.99. The van der Waals surface area contributed by atoms with Gasteiger partial charge in [0.2, 0.25) is 0 Å². The maximum atomic E-state index is 9.12. The van der Waals surface area contributed by atoms with Gasteiger partial charge in [0.1, 0.15) is 0 Å². The Balaban J connectivity index is 1.69. The maximum Gasteiger partial charge on any atom is 0.0536 e. The molecule has 1 aliphatic carbocycles. The molecule has 2 fully saturated rings. The minimum atomic E-state index is 0.216. The van der Waals surface area contributed by atoms with E-state index in [4.69, 9.17) is 9.84 Å². The Morgan fingerprint density at radius 3 is 2.75 bits per heavy atom. The Bertz CT molecular complexity index is 196. The number of rotatable bonds is 6. The van der Waals surface area contributed by atoms with E-state index >= 15 is 0 Å². The number of ether oxygens (including phenoxy) is 1. The highest BCUT2D eigenvalue weighted by Crippen LogP contribution is 2.31. The zero-order chi connectivity index (χ0) is 11.3. The fraction of sp³-hybridized carbons (Fsp3) is 1.00. The molecule has 1 saturated heterocycles. The lowest BCUT2D eigenvalue weighted by Gasteiger charge is -2.27. The van der Waals surface area contributed by atoms with Gasteiger partial charge in [0.25, 0.3) is 0 Å². The van der Waals surface area contributed by atoms with Crippen molar-refractivity contribution < 1.29 is 9.84 Å². The number of hydrogen-bond donors (Lipinski definition) is 2. The van der Waals surface area contributed by atoms with E-state index in [0.29, 0.717) is 0 Å². The molecule has 1 heterocycles. The summed E-state index contributed by atoms with van der Waals surface area (Å²) in [6, 6.07) is 0. The van der Waals surface area contributed by atoms with Crippen molar-refractivity contribution in [2.24, 2.45) is 11.3 Å². The Morgan fingerprint density at radius 2 is 2.12 bits per heavy atom. The van der Waals surface area contributed by atoms with Gasteiger partial charge in [-0.1, -0.05) is 12.8 Å². The van der Waals surface area contributed by atoms with Crippen LogP contribution in [-0.2, 0) is 4.74 Å². The molecule has 2 aliphatic rings. The fourth-order valence-electron chi connectivity index (χ4n) is 3.07. The molecule has 0 aromatic heterocycles. The summed E-state index contributed by atoms with van der Waals surface area (Å²) >= 11 is 0. The van der Waals surface area contributed by atoms with Gasteiger partial charge < -0.3 is 15.2 Å². The molecule has 3 heteroatoms. The van der Waals surface area contributed by atoms with Crippen molar-refractivity contribution in [2.75, 3.05) is 32.9 Å². The molecule has 2 N–H and O–H groups in total. The number of hydrogen-bond acceptors (Lipinski definition) is 3. The number of nitrogens with one attached hydrogen (secondary N) is 1. The molecule has 16 heavy (non-hydrogen) atoms. The molecular weight excluding hydrogens is 202 g/mol. The van der Waals surface area contributed by atoms with Crippen LogP contribution < -0.4 is 5.32 Å². The Kier molecular flexibility index (Phi) is 4.62. The van der Waals surface area contributed by atoms with E-state index in [1.54, 1.807) is 0 Å². The minimum absolute atomic E-state index is 0.216. The predicted molar refractivity (Wildman–Crippen MR) is 64.4 cm³/mol. The second-order valence-electron chi connectivity index (χ2n) is 5.56. The third kappa shape index (κ3) is 3.19. The van der Waals surface area contributed by atoms with E-state index < -0.39 is 0 Å².